The predicted octanol–water partition coefficient (Wildman–Crippen LogP) is 4.77. The van der Waals surface area contributed by atoms with Crippen molar-refractivity contribution >= 4 is 17.1 Å². The molecule has 124 valence electrons. The van der Waals surface area contributed by atoms with Gasteiger partial charge in [0.05, 0.1) is 23.4 Å². The molecule has 0 saturated carbocycles. The van der Waals surface area contributed by atoms with E-state index in [9.17, 15) is 10.1 Å². The summed E-state index contributed by atoms with van der Waals surface area (Å²) in [4.78, 5) is 15.2. The van der Waals surface area contributed by atoms with E-state index in [2.05, 4.69) is 0 Å². The fraction of sp³-hybridized carbons (Fsp3) is 0.0500. The van der Waals surface area contributed by atoms with Crippen molar-refractivity contribution in [2.75, 3.05) is 7.11 Å². The first-order chi connectivity index (χ1) is 12.2. The Morgan fingerprint density at radius 1 is 0.880 bits per heavy atom. The summed E-state index contributed by atoms with van der Waals surface area (Å²) in [6.45, 7) is 0. The molecular weight excluding hydrogens is 316 g/mol. The van der Waals surface area contributed by atoms with Crippen LogP contribution in [0, 0.1) is 10.1 Å². The number of nitro groups is 1. The lowest BCUT2D eigenvalue weighted by Gasteiger charge is -2.08. The van der Waals surface area contributed by atoms with Crippen molar-refractivity contribution in [2.45, 2.75) is 0 Å². The summed E-state index contributed by atoms with van der Waals surface area (Å²) < 4.78 is 5.17. The number of ether oxygens (including phenoxy) is 1. The molecule has 0 saturated heterocycles. The molecule has 0 atom stereocenters. The van der Waals surface area contributed by atoms with Crippen LogP contribution < -0.4 is 4.74 Å². The molecule has 5 heteroatoms. The molecule has 0 aromatic heterocycles. The Morgan fingerprint density at radius 3 is 2.04 bits per heavy atom. The number of methoxy groups -OCH3 is 1. The number of hydrogen-bond acceptors (Lipinski definition) is 4. The summed E-state index contributed by atoms with van der Waals surface area (Å²) in [7, 11) is 1.62. The zero-order valence-corrected chi connectivity index (χ0v) is 13.6. The normalized spacial score (nSPS) is 11.2. The number of benzene rings is 3. The number of nitro benzene ring substituents is 1. The monoisotopic (exact) mass is 332 g/mol. The van der Waals surface area contributed by atoms with Gasteiger partial charge in [-0.3, -0.25) is 10.1 Å². The van der Waals surface area contributed by atoms with Crippen molar-refractivity contribution in [2.24, 2.45) is 4.99 Å². The molecule has 0 aliphatic carbocycles. The molecule has 0 fully saturated rings. The summed E-state index contributed by atoms with van der Waals surface area (Å²) in [5, 5.41) is 10.9. The zero-order valence-electron chi connectivity index (χ0n) is 13.6. The first kappa shape index (κ1) is 16.4. The SMILES string of the molecule is COc1ccc(N=C(c2ccccc2)c2ccc([N+](=O)[O-])cc2)cc1. The topological polar surface area (TPSA) is 64.7 Å². The van der Waals surface area contributed by atoms with Crippen molar-refractivity contribution in [3.05, 3.63) is 100 Å². The van der Waals surface area contributed by atoms with E-state index in [0.29, 0.717) is 0 Å². The van der Waals surface area contributed by atoms with Gasteiger partial charge in [0.25, 0.3) is 5.69 Å². The smallest absolute Gasteiger partial charge is 0.269 e. The van der Waals surface area contributed by atoms with Gasteiger partial charge < -0.3 is 4.74 Å². The van der Waals surface area contributed by atoms with Gasteiger partial charge in [0.1, 0.15) is 5.75 Å². The van der Waals surface area contributed by atoms with Crippen LogP contribution in [0.1, 0.15) is 11.1 Å². The molecule has 3 rings (SSSR count). The van der Waals surface area contributed by atoms with E-state index < -0.39 is 4.92 Å². The highest BCUT2D eigenvalue weighted by Gasteiger charge is 2.10. The fourth-order valence-electron chi connectivity index (χ4n) is 2.42. The Balaban J connectivity index is 2.06. The van der Waals surface area contributed by atoms with Gasteiger partial charge in [-0.05, 0) is 36.4 Å². The molecule has 0 radical (unpaired) electrons. The number of nitrogens with zero attached hydrogens (tertiary/aromatic N) is 2. The summed E-state index contributed by atoms with van der Waals surface area (Å²) in [6.07, 6.45) is 0. The van der Waals surface area contributed by atoms with Gasteiger partial charge in [-0.2, -0.15) is 0 Å². The van der Waals surface area contributed by atoms with Gasteiger partial charge in [-0.1, -0.05) is 30.3 Å². The second-order valence-corrected chi connectivity index (χ2v) is 5.33. The van der Waals surface area contributed by atoms with Crippen molar-refractivity contribution in [1.29, 1.82) is 0 Å². The Bertz CT molecular complexity index is 886. The minimum atomic E-state index is -0.410. The lowest BCUT2D eigenvalue weighted by molar-refractivity contribution is -0.384. The number of hydrogen-bond donors (Lipinski definition) is 0. The molecule has 0 heterocycles. The highest BCUT2D eigenvalue weighted by Crippen LogP contribution is 2.22. The lowest BCUT2D eigenvalue weighted by atomic mass is 10.0. The third-order valence-corrected chi connectivity index (χ3v) is 3.71. The molecule has 25 heavy (non-hydrogen) atoms. The maximum atomic E-state index is 10.9. The van der Waals surface area contributed by atoms with E-state index in [0.717, 1.165) is 28.3 Å². The molecule has 0 spiro atoms. The third-order valence-electron chi connectivity index (χ3n) is 3.71. The highest BCUT2D eigenvalue weighted by atomic mass is 16.6. The van der Waals surface area contributed by atoms with Crippen molar-refractivity contribution in [3.63, 3.8) is 0 Å². The van der Waals surface area contributed by atoms with E-state index in [-0.39, 0.29) is 5.69 Å². The highest BCUT2D eigenvalue weighted by molar-refractivity contribution is 6.14. The Labute approximate surface area is 145 Å². The van der Waals surface area contributed by atoms with Crippen LogP contribution in [0.5, 0.6) is 5.75 Å². The molecule has 0 amide bonds. The summed E-state index contributed by atoms with van der Waals surface area (Å²) in [5.74, 6) is 0.760. The van der Waals surface area contributed by atoms with E-state index in [1.807, 2.05) is 54.6 Å². The van der Waals surface area contributed by atoms with Crippen LogP contribution in [0.2, 0.25) is 0 Å². The van der Waals surface area contributed by atoms with E-state index >= 15 is 0 Å². The second kappa shape index (κ2) is 7.40. The van der Waals surface area contributed by atoms with Gasteiger partial charge in [0.15, 0.2) is 0 Å². The van der Waals surface area contributed by atoms with Crippen LogP contribution in [0.4, 0.5) is 11.4 Å². The molecule has 0 aliphatic rings. The second-order valence-electron chi connectivity index (χ2n) is 5.33. The average Bonchev–Trinajstić information content (AvgIpc) is 2.67. The summed E-state index contributed by atoms with van der Waals surface area (Å²) in [6, 6.07) is 23.6. The van der Waals surface area contributed by atoms with Gasteiger partial charge in [0.2, 0.25) is 0 Å². The lowest BCUT2D eigenvalue weighted by Crippen LogP contribution is -2.03. The maximum Gasteiger partial charge on any atom is 0.269 e. The van der Waals surface area contributed by atoms with Crippen LogP contribution in [-0.4, -0.2) is 17.7 Å². The van der Waals surface area contributed by atoms with Crippen molar-refractivity contribution in [3.8, 4) is 5.75 Å². The summed E-state index contributed by atoms with van der Waals surface area (Å²) >= 11 is 0. The summed E-state index contributed by atoms with van der Waals surface area (Å²) in [5.41, 5.74) is 3.33. The average molecular weight is 332 g/mol. The standard InChI is InChI=1S/C20H16N2O3/c1-25-19-13-9-17(10-14-19)21-20(15-5-3-2-4-6-15)16-7-11-18(12-8-16)22(23)24/h2-14H,1H3. The largest absolute Gasteiger partial charge is 0.497 e. The number of rotatable bonds is 5. The van der Waals surface area contributed by atoms with Gasteiger partial charge in [0, 0.05) is 23.3 Å². The van der Waals surface area contributed by atoms with E-state index in [4.69, 9.17) is 9.73 Å². The van der Waals surface area contributed by atoms with Crippen molar-refractivity contribution < 1.29 is 9.66 Å². The fourth-order valence-corrected chi connectivity index (χ4v) is 2.42. The van der Waals surface area contributed by atoms with Gasteiger partial charge in [-0.25, -0.2) is 4.99 Å². The Morgan fingerprint density at radius 2 is 1.48 bits per heavy atom. The molecule has 0 N–H and O–H groups in total. The Hall–Kier alpha value is -3.47. The number of non-ortho nitro benzene ring substituents is 1. The van der Waals surface area contributed by atoms with Crippen LogP contribution in [0.15, 0.2) is 83.9 Å². The zero-order chi connectivity index (χ0) is 17.6. The van der Waals surface area contributed by atoms with Crippen LogP contribution in [0.3, 0.4) is 0 Å². The minimum Gasteiger partial charge on any atom is -0.497 e. The maximum absolute atomic E-state index is 10.9. The van der Waals surface area contributed by atoms with E-state index in [1.54, 1.807) is 19.2 Å². The van der Waals surface area contributed by atoms with Crippen LogP contribution in [-0.2, 0) is 0 Å². The van der Waals surface area contributed by atoms with Crippen LogP contribution >= 0.6 is 0 Å². The quantitative estimate of drug-likeness (QED) is 0.384. The molecule has 0 bridgehead atoms. The van der Waals surface area contributed by atoms with Crippen LogP contribution in [0.25, 0.3) is 0 Å². The first-order valence-electron chi connectivity index (χ1n) is 7.70. The molecule has 3 aromatic rings. The molecule has 3 aromatic carbocycles. The molecule has 5 nitrogen and oxygen atoms in total. The van der Waals surface area contributed by atoms with Gasteiger partial charge in [-0.15, -0.1) is 0 Å². The minimum absolute atomic E-state index is 0.0561. The molecular formula is C20H16N2O3. The number of aliphatic imine (C=N–C) groups is 1. The van der Waals surface area contributed by atoms with Crippen molar-refractivity contribution in [1.82, 2.24) is 0 Å². The third kappa shape index (κ3) is 3.90. The van der Waals surface area contributed by atoms with Gasteiger partial charge >= 0.3 is 0 Å². The first-order valence-corrected chi connectivity index (χ1v) is 7.70. The molecule has 0 unspecified atom stereocenters. The predicted molar refractivity (Wildman–Crippen MR) is 97.8 cm³/mol. The molecule has 0 aliphatic heterocycles. The van der Waals surface area contributed by atoms with E-state index in [1.165, 1.54) is 12.1 Å². The Kier molecular flexibility index (Phi) is 4.85.